The maximum Gasteiger partial charge on any atom is 0.354 e. The summed E-state index contributed by atoms with van der Waals surface area (Å²) in [5.41, 5.74) is -0.0516. The lowest BCUT2D eigenvalue weighted by Crippen LogP contribution is -2.51. The smallest absolute Gasteiger partial charge is 0.354 e. The van der Waals surface area contributed by atoms with Crippen LogP contribution in [-0.4, -0.2) is 37.1 Å². The molecule has 2 aromatic rings. The van der Waals surface area contributed by atoms with Crippen molar-refractivity contribution in [2.75, 3.05) is 26.3 Å². The van der Waals surface area contributed by atoms with Gasteiger partial charge in [0, 0.05) is 18.7 Å². The summed E-state index contributed by atoms with van der Waals surface area (Å²) in [6, 6.07) is 12.9. The predicted octanol–water partition coefficient (Wildman–Crippen LogP) is 2.89. The van der Waals surface area contributed by atoms with Crippen LogP contribution in [0.5, 0.6) is 5.75 Å². The molecule has 3 rings (SSSR count). The Hall–Kier alpha value is -2.47. The van der Waals surface area contributed by atoms with E-state index in [9.17, 15) is 9.18 Å². The zero-order valence-electron chi connectivity index (χ0n) is 13.0. The van der Waals surface area contributed by atoms with Gasteiger partial charge in [0.05, 0.1) is 13.2 Å². The van der Waals surface area contributed by atoms with E-state index in [2.05, 4.69) is 0 Å². The first-order chi connectivity index (χ1) is 11.6. The molecule has 126 valence electrons. The van der Waals surface area contributed by atoms with Crippen LogP contribution in [0.3, 0.4) is 0 Å². The Morgan fingerprint density at radius 2 is 1.67 bits per heavy atom. The summed E-state index contributed by atoms with van der Waals surface area (Å²) < 4.78 is 39.5. The van der Waals surface area contributed by atoms with Gasteiger partial charge in [-0.3, -0.25) is 4.79 Å². The molecule has 1 fully saturated rings. The van der Waals surface area contributed by atoms with Gasteiger partial charge in [-0.25, -0.2) is 4.39 Å². The monoisotopic (exact) mass is 333 g/mol. The normalized spacial score (nSPS) is 17.2. The largest absolute Gasteiger partial charge is 0.446 e. The van der Waals surface area contributed by atoms with E-state index in [0.29, 0.717) is 13.2 Å². The van der Waals surface area contributed by atoms with E-state index in [0.717, 1.165) is 12.1 Å². The van der Waals surface area contributed by atoms with E-state index in [-0.39, 0.29) is 24.4 Å². The quantitative estimate of drug-likeness (QED) is 0.864. The third-order valence-electron chi connectivity index (χ3n) is 3.79. The zero-order chi connectivity index (χ0) is 17.0. The fraction of sp³-hybridized carbons (Fsp3) is 0.278. The Morgan fingerprint density at radius 3 is 2.29 bits per heavy atom. The zero-order valence-corrected chi connectivity index (χ0v) is 13.0. The molecule has 0 radical (unpaired) electrons. The van der Waals surface area contributed by atoms with Crippen LogP contribution >= 0.6 is 0 Å². The lowest BCUT2D eigenvalue weighted by molar-refractivity contribution is -0.172. The van der Waals surface area contributed by atoms with E-state index in [1.54, 1.807) is 30.3 Å². The van der Waals surface area contributed by atoms with Gasteiger partial charge in [-0.1, -0.05) is 18.2 Å². The number of hydrogen-bond donors (Lipinski definition) is 0. The highest BCUT2D eigenvalue weighted by Crippen LogP contribution is 2.32. The molecule has 0 aliphatic carbocycles. The van der Waals surface area contributed by atoms with Gasteiger partial charge in [-0.2, -0.15) is 4.39 Å². The van der Waals surface area contributed by atoms with Gasteiger partial charge in [0.1, 0.15) is 11.6 Å². The number of morpholine rings is 1. The molecule has 1 amide bonds. The van der Waals surface area contributed by atoms with Crippen molar-refractivity contribution in [3.8, 4) is 5.75 Å². The molecule has 2 aromatic carbocycles. The predicted molar refractivity (Wildman–Crippen MR) is 83.7 cm³/mol. The first kappa shape index (κ1) is 16.4. The molecular weight excluding hydrogens is 316 g/mol. The SMILES string of the molecule is O=C(N1CCOCC1)C(F)(Oc1ccccc1)c1ccc(F)cc1. The fourth-order valence-corrected chi connectivity index (χ4v) is 2.51. The average Bonchev–Trinajstić information content (AvgIpc) is 2.63. The molecule has 6 heteroatoms. The van der Waals surface area contributed by atoms with E-state index in [1.165, 1.54) is 17.0 Å². The van der Waals surface area contributed by atoms with Crippen molar-refractivity contribution >= 4 is 5.91 Å². The molecule has 4 nitrogen and oxygen atoms in total. The topological polar surface area (TPSA) is 38.8 Å². The van der Waals surface area contributed by atoms with Crippen molar-refractivity contribution in [1.29, 1.82) is 0 Å². The second-order valence-corrected chi connectivity index (χ2v) is 5.42. The van der Waals surface area contributed by atoms with Gasteiger partial charge >= 0.3 is 11.8 Å². The summed E-state index contributed by atoms with van der Waals surface area (Å²) in [5, 5.41) is 0. The third-order valence-corrected chi connectivity index (χ3v) is 3.79. The van der Waals surface area contributed by atoms with Crippen LogP contribution in [0.2, 0.25) is 0 Å². The second kappa shape index (κ2) is 6.97. The second-order valence-electron chi connectivity index (χ2n) is 5.42. The van der Waals surface area contributed by atoms with Crippen molar-refractivity contribution in [3.63, 3.8) is 0 Å². The van der Waals surface area contributed by atoms with Crippen LogP contribution in [0.4, 0.5) is 8.78 Å². The van der Waals surface area contributed by atoms with Crippen molar-refractivity contribution < 1.29 is 23.0 Å². The van der Waals surface area contributed by atoms with E-state index in [1.807, 2.05) is 0 Å². The Kier molecular flexibility index (Phi) is 4.76. The third kappa shape index (κ3) is 3.38. The number of halogens is 2. The Bertz CT molecular complexity index is 687. The number of para-hydroxylation sites is 1. The number of alkyl halides is 1. The first-order valence-electron chi connectivity index (χ1n) is 7.66. The van der Waals surface area contributed by atoms with E-state index in [4.69, 9.17) is 9.47 Å². The van der Waals surface area contributed by atoms with Crippen LogP contribution < -0.4 is 4.74 Å². The fourth-order valence-electron chi connectivity index (χ4n) is 2.51. The minimum Gasteiger partial charge on any atom is -0.446 e. The van der Waals surface area contributed by atoms with E-state index < -0.39 is 17.6 Å². The Balaban J connectivity index is 1.95. The summed E-state index contributed by atoms with van der Waals surface area (Å²) in [6.07, 6.45) is 0. The summed E-state index contributed by atoms with van der Waals surface area (Å²) in [4.78, 5) is 14.1. The standard InChI is InChI=1S/C18H17F2NO3/c19-15-8-6-14(7-9-15)18(20,24-16-4-2-1-3-5-16)17(22)21-10-12-23-13-11-21/h1-9H,10-13H2. The van der Waals surface area contributed by atoms with Crippen molar-refractivity contribution in [2.45, 2.75) is 5.85 Å². The number of rotatable bonds is 4. The molecule has 0 spiro atoms. The maximum atomic E-state index is 15.7. The number of nitrogens with zero attached hydrogens (tertiary/aromatic N) is 1. The van der Waals surface area contributed by atoms with E-state index >= 15 is 4.39 Å². The van der Waals surface area contributed by atoms with Gasteiger partial charge in [0.15, 0.2) is 0 Å². The molecule has 0 N–H and O–H groups in total. The lowest BCUT2D eigenvalue weighted by Gasteiger charge is -2.34. The number of benzene rings is 2. The molecule has 1 saturated heterocycles. The molecule has 0 saturated carbocycles. The van der Waals surface area contributed by atoms with Gasteiger partial charge in [-0.15, -0.1) is 0 Å². The van der Waals surface area contributed by atoms with Crippen molar-refractivity contribution in [2.24, 2.45) is 0 Å². The number of ether oxygens (including phenoxy) is 2. The first-order valence-corrected chi connectivity index (χ1v) is 7.66. The summed E-state index contributed by atoms with van der Waals surface area (Å²) in [6.45, 7) is 1.25. The number of amides is 1. The molecular formula is C18H17F2NO3. The Morgan fingerprint density at radius 1 is 1.04 bits per heavy atom. The van der Waals surface area contributed by atoms with Crippen LogP contribution in [-0.2, 0) is 15.4 Å². The van der Waals surface area contributed by atoms with Gasteiger partial charge in [0.2, 0.25) is 0 Å². The summed E-state index contributed by atoms with van der Waals surface area (Å²) >= 11 is 0. The molecule has 24 heavy (non-hydrogen) atoms. The highest BCUT2D eigenvalue weighted by atomic mass is 19.2. The number of carbonyl (C=O) groups excluding carboxylic acids is 1. The van der Waals surface area contributed by atoms with Crippen LogP contribution in [0.1, 0.15) is 5.56 Å². The maximum absolute atomic E-state index is 15.7. The molecule has 1 unspecified atom stereocenters. The lowest BCUT2D eigenvalue weighted by atomic mass is 10.0. The summed E-state index contributed by atoms with van der Waals surface area (Å²) in [5.74, 6) is -3.85. The minimum atomic E-state index is -2.73. The molecule has 0 aromatic heterocycles. The molecule has 1 heterocycles. The summed E-state index contributed by atoms with van der Waals surface area (Å²) in [7, 11) is 0. The van der Waals surface area contributed by atoms with Crippen molar-refractivity contribution in [3.05, 3.63) is 66.0 Å². The average molecular weight is 333 g/mol. The minimum absolute atomic E-state index is 0.0516. The van der Waals surface area contributed by atoms with Crippen LogP contribution in [0, 0.1) is 5.82 Å². The van der Waals surface area contributed by atoms with Gasteiger partial charge in [0.25, 0.3) is 0 Å². The highest BCUT2D eigenvalue weighted by molar-refractivity contribution is 5.85. The Labute approximate surface area is 138 Å². The molecule has 1 aliphatic rings. The number of hydrogen-bond acceptors (Lipinski definition) is 3. The molecule has 0 bridgehead atoms. The van der Waals surface area contributed by atoms with Crippen LogP contribution in [0.15, 0.2) is 54.6 Å². The van der Waals surface area contributed by atoms with Gasteiger partial charge in [-0.05, 0) is 36.4 Å². The van der Waals surface area contributed by atoms with Gasteiger partial charge < -0.3 is 14.4 Å². The highest BCUT2D eigenvalue weighted by Gasteiger charge is 2.46. The molecule has 1 aliphatic heterocycles. The van der Waals surface area contributed by atoms with Crippen LogP contribution in [0.25, 0.3) is 0 Å². The number of carbonyl (C=O) groups is 1. The van der Waals surface area contributed by atoms with Crippen molar-refractivity contribution in [1.82, 2.24) is 4.90 Å². The molecule has 1 atom stereocenters.